The van der Waals surface area contributed by atoms with Gasteiger partial charge in [0.2, 0.25) is 23.6 Å². The fourth-order valence-corrected chi connectivity index (χ4v) is 5.15. The minimum atomic E-state index is -1.30. The molecule has 47 heavy (non-hydrogen) atoms. The lowest BCUT2D eigenvalue weighted by Gasteiger charge is -2.26. The van der Waals surface area contributed by atoms with Crippen molar-refractivity contribution in [2.45, 2.75) is 62.7 Å². The molecule has 0 saturated heterocycles. The Kier molecular flexibility index (Phi) is 13.7. The van der Waals surface area contributed by atoms with Crippen molar-refractivity contribution < 1.29 is 29.4 Å². The number of hydrogen-bond donors (Lipinski definition) is 12. The number of amides is 4. The first-order valence-electron chi connectivity index (χ1n) is 15.5. The number of rotatable bonds is 12. The molecule has 1 aliphatic rings. The minimum Gasteiger partial charge on any atom is -0.508 e. The maximum atomic E-state index is 13.9. The Labute approximate surface area is 272 Å². The Morgan fingerprint density at radius 2 is 1.53 bits per heavy atom. The highest BCUT2D eigenvalue weighted by molar-refractivity contribution is 5.95. The second kappa shape index (κ2) is 17.7. The van der Waals surface area contributed by atoms with Gasteiger partial charge in [-0.15, -0.1) is 0 Å². The van der Waals surface area contributed by atoms with E-state index >= 15 is 0 Å². The van der Waals surface area contributed by atoms with E-state index in [0.29, 0.717) is 35.1 Å². The van der Waals surface area contributed by atoms with Crippen LogP contribution in [-0.4, -0.2) is 90.1 Å². The van der Waals surface area contributed by atoms with Crippen LogP contribution < -0.4 is 49.5 Å². The van der Waals surface area contributed by atoms with Gasteiger partial charge in [0.1, 0.15) is 29.6 Å². The molecule has 2 aromatic rings. The van der Waals surface area contributed by atoms with Crippen LogP contribution in [0.25, 0.3) is 11.1 Å². The fourth-order valence-electron chi connectivity index (χ4n) is 5.15. The fraction of sp³-hybridized carbons (Fsp3) is 0.452. The summed E-state index contributed by atoms with van der Waals surface area (Å²) in [5.74, 6) is -2.97. The molecule has 4 bridgehead atoms. The summed E-state index contributed by atoms with van der Waals surface area (Å²) in [6.45, 7) is 0.849. The number of fused-ring (bicyclic) bond motifs is 5. The van der Waals surface area contributed by atoms with Gasteiger partial charge in [-0.3, -0.25) is 24.6 Å². The topological polar surface area (TPSA) is 297 Å². The van der Waals surface area contributed by atoms with Crippen LogP contribution in [0.2, 0.25) is 0 Å². The van der Waals surface area contributed by atoms with Gasteiger partial charge >= 0.3 is 0 Å². The van der Waals surface area contributed by atoms with Gasteiger partial charge in [0.15, 0.2) is 5.96 Å². The Morgan fingerprint density at radius 1 is 0.894 bits per heavy atom. The predicted octanol–water partition coefficient (Wildman–Crippen LogP) is -2.28. The summed E-state index contributed by atoms with van der Waals surface area (Å²) in [5, 5.41) is 42.0. The average Bonchev–Trinajstić information content (AvgIpc) is 3.04. The molecule has 4 atom stereocenters. The number of carbonyl (C=O) groups is 4. The summed E-state index contributed by atoms with van der Waals surface area (Å²) >= 11 is 0. The molecular formula is C31H46N10O6. The Morgan fingerprint density at radius 3 is 2.13 bits per heavy atom. The number of carbonyl (C=O) groups excluding carboxylic acids is 4. The summed E-state index contributed by atoms with van der Waals surface area (Å²) in [5.41, 5.74) is 24.8. The van der Waals surface area contributed by atoms with E-state index < -0.39 is 47.8 Å². The van der Waals surface area contributed by atoms with Gasteiger partial charge in [-0.05, 0) is 78.7 Å². The van der Waals surface area contributed by atoms with Crippen molar-refractivity contribution in [3.63, 3.8) is 0 Å². The first-order chi connectivity index (χ1) is 22.4. The second-order valence-corrected chi connectivity index (χ2v) is 11.4. The number of phenolic OH excluding ortho intramolecular Hbond substituents is 2. The van der Waals surface area contributed by atoms with E-state index in [1.807, 2.05) is 0 Å². The van der Waals surface area contributed by atoms with Crippen molar-refractivity contribution in [2.75, 3.05) is 26.2 Å². The van der Waals surface area contributed by atoms with E-state index in [2.05, 4.69) is 26.6 Å². The monoisotopic (exact) mass is 654 g/mol. The molecular weight excluding hydrogens is 608 g/mol. The zero-order valence-electron chi connectivity index (χ0n) is 26.2. The molecule has 0 unspecified atom stereocenters. The number of phenols is 2. The largest absolute Gasteiger partial charge is 0.508 e. The lowest BCUT2D eigenvalue weighted by molar-refractivity contribution is -0.134. The van der Waals surface area contributed by atoms with E-state index in [9.17, 15) is 29.4 Å². The molecule has 4 amide bonds. The summed E-state index contributed by atoms with van der Waals surface area (Å²) in [7, 11) is 0. The van der Waals surface area contributed by atoms with Gasteiger partial charge in [0.25, 0.3) is 0 Å². The van der Waals surface area contributed by atoms with Crippen molar-refractivity contribution in [3.05, 3.63) is 47.5 Å². The Bertz CT molecular complexity index is 1440. The smallest absolute Gasteiger partial charge is 0.243 e. The van der Waals surface area contributed by atoms with Gasteiger partial charge in [0.05, 0.1) is 6.04 Å². The highest BCUT2D eigenvalue weighted by atomic mass is 16.3. The standard InChI is InChI=1S/C31H46N10O6/c32-9-1-3-23-29(46)41-24(30(47)40-22(28(45)37-12-10-33)4-2-11-38-31(35)36)16-20-14-18(6-8-26(20)43)17-5-7-25(42)19(13-17)15-21(34)27(44)39-23/h5-8,13-14,21-24,42-43H,1-4,9-12,15-16,32-34H2,(H,37,45)(H,39,44)(H,40,47)(H,41,46)(H4,35,36,38)/t21-,22-,23-,24-/m0/s1. The van der Waals surface area contributed by atoms with Crippen LogP contribution in [0.15, 0.2) is 36.4 Å². The highest BCUT2D eigenvalue weighted by Crippen LogP contribution is 2.31. The van der Waals surface area contributed by atoms with Crippen molar-refractivity contribution in [1.29, 1.82) is 5.41 Å². The van der Waals surface area contributed by atoms with Crippen LogP contribution >= 0.6 is 0 Å². The van der Waals surface area contributed by atoms with Gasteiger partial charge in [-0.25, -0.2) is 0 Å². The van der Waals surface area contributed by atoms with E-state index in [-0.39, 0.29) is 69.3 Å². The van der Waals surface area contributed by atoms with Crippen molar-refractivity contribution in [1.82, 2.24) is 26.6 Å². The van der Waals surface area contributed by atoms with Crippen LogP contribution in [0.5, 0.6) is 11.5 Å². The number of nitrogens with one attached hydrogen (secondary N) is 6. The normalized spacial score (nSPS) is 18.8. The van der Waals surface area contributed by atoms with Crippen LogP contribution in [0, 0.1) is 5.41 Å². The molecule has 16 heteroatoms. The average molecular weight is 655 g/mol. The van der Waals surface area contributed by atoms with Gasteiger partial charge in [-0.2, -0.15) is 0 Å². The number of aromatic hydroxyl groups is 2. The summed E-state index contributed by atoms with van der Waals surface area (Å²) in [6.07, 6.45) is 0.838. The molecule has 0 fully saturated rings. The molecule has 2 aromatic carbocycles. The molecule has 0 aromatic heterocycles. The number of guanidine groups is 1. The first kappa shape index (κ1) is 36.5. The van der Waals surface area contributed by atoms with Crippen LogP contribution in [0.4, 0.5) is 0 Å². The quantitative estimate of drug-likeness (QED) is 0.0657. The third kappa shape index (κ3) is 10.8. The van der Waals surface area contributed by atoms with Crippen molar-refractivity contribution in [3.8, 4) is 22.6 Å². The molecule has 0 aliphatic carbocycles. The molecule has 16 N–H and O–H groups in total. The summed E-state index contributed by atoms with van der Waals surface area (Å²) in [6, 6.07) is 5.04. The van der Waals surface area contributed by atoms with Crippen molar-refractivity contribution in [2.24, 2.45) is 22.9 Å². The van der Waals surface area contributed by atoms with E-state index in [1.54, 1.807) is 24.3 Å². The Hall–Kier alpha value is -4.93. The molecule has 0 spiro atoms. The third-order valence-electron chi connectivity index (χ3n) is 7.72. The molecule has 0 saturated carbocycles. The van der Waals surface area contributed by atoms with E-state index in [0.717, 1.165) is 0 Å². The predicted molar refractivity (Wildman–Crippen MR) is 176 cm³/mol. The Balaban J connectivity index is 2.02. The summed E-state index contributed by atoms with van der Waals surface area (Å²) in [4.78, 5) is 53.6. The van der Waals surface area contributed by atoms with Gasteiger partial charge in [-0.1, -0.05) is 12.1 Å². The zero-order chi connectivity index (χ0) is 34.5. The van der Waals surface area contributed by atoms with E-state index in [1.165, 1.54) is 12.1 Å². The van der Waals surface area contributed by atoms with Crippen LogP contribution in [0.1, 0.15) is 36.8 Å². The maximum Gasteiger partial charge on any atom is 0.243 e. The molecule has 3 rings (SSSR count). The first-order valence-corrected chi connectivity index (χ1v) is 15.5. The summed E-state index contributed by atoms with van der Waals surface area (Å²) < 4.78 is 0. The lowest BCUT2D eigenvalue weighted by Crippen LogP contribution is -2.58. The number of benzene rings is 2. The lowest BCUT2D eigenvalue weighted by atomic mass is 9.95. The molecule has 1 heterocycles. The second-order valence-electron chi connectivity index (χ2n) is 11.4. The van der Waals surface area contributed by atoms with Crippen LogP contribution in [-0.2, 0) is 32.0 Å². The molecule has 256 valence electrons. The van der Waals surface area contributed by atoms with Crippen molar-refractivity contribution >= 4 is 29.6 Å². The van der Waals surface area contributed by atoms with Crippen LogP contribution in [0.3, 0.4) is 0 Å². The number of hydrogen-bond acceptors (Lipinski definition) is 10. The highest BCUT2D eigenvalue weighted by Gasteiger charge is 2.31. The van der Waals surface area contributed by atoms with E-state index in [4.69, 9.17) is 28.3 Å². The maximum absolute atomic E-state index is 13.9. The zero-order valence-corrected chi connectivity index (χ0v) is 26.2. The molecule has 0 radical (unpaired) electrons. The third-order valence-corrected chi connectivity index (χ3v) is 7.72. The molecule has 1 aliphatic heterocycles. The number of nitrogens with two attached hydrogens (primary N) is 4. The minimum absolute atomic E-state index is 0.0255. The van der Waals surface area contributed by atoms with Gasteiger partial charge in [0, 0.05) is 32.5 Å². The molecule has 16 nitrogen and oxygen atoms in total. The SMILES string of the molecule is N=C(N)NCCC[C@H](NC(=O)[C@@H]1Cc2cc(ccc2O)-c2ccc(O)c(c2)C[C@H](N)C(=O)N[C@@H](CCCN)C(=O)N1)C(=O)NCCN. The van der Waals surface area contributed by atoms with Gasteiger partial charge < -0.3 is 59.7 Å².